The van der Waals surface area contributed by atoms with Gasteiger partial charge < -0.3 is 10.4 Å². The number of hydrogen-bond donors (Lipinski definition) is 2. The molecule has 0 aliphatic carbocycles. The van der Waals surface area contributed by atoms with E-state index in [9.17, 15) is 14.0 Å². The van der Waals surface area contributed by atoms with Crippen LogP contribution in [0, 0.1) is 5.82 Å². The normalized spacial score (nSPS) is 11.2. The molecule has 18 heavy (non-hydrogen) atoms. The van der Waals surface area contributed by atoms with Crippen LogP contribution < -0.4 is 5.32 Å². The Balaban J connectivity index is 2.89. The van der Waals surface area contributed by atoms with Crippen molar-refractivity contribution in [1.82, 2.24) is 0 Å². The van der Waals surface area contributed by atoms with Crippen LogP contribution in [-0.4, -0.2) is 17.0 Å². The zero-order chi connectivity index (χ0) is 13.7. The second-order valence-corrected chi connectivity index (χ2v) is 3.75. The maximum Gasteiger partial charge on any atom is 0.335 e. The molecule has 1 amide bonds. The molecule has 0 saturated heterocycles. The third kappa shape index (κ3) is 3.41. The van der Waals surface area contributed by atoms with Crippen molar-refractivity contribution in [2.24, 2.45) is 0 Å². The van der Waals surface area contributed by atoms with Crippen LogP contribution >= 0.6 is 0 Å². The Morgan fingerprint density at radius 1 is 1.44 bits per heavy atom. The maximum absolute atomic E-state index is 13.5. The molecule has 5 heteroatoms. The number of carbonyl (C=O) groups excluding carboxylic acids is 1. The van der Waals surface area contributed by atoms with E-state index in [0.29, 0.717) is 12.0 Å². The number of anilines is 1. The molecule has 0 aliphatic heterocycles. The van der Waals surface area contributed by atoms with Crippen LogP contribution in [-0.2, 0) is 4.79 Å². The molecule has 0 heterocycles. The number of aromatic carboxylic acids is 1. The van der Waals surface area contributed by atoms with Crippen LogP contribution in [0.5, 0.6) is 0 Å². The van der Waals surface area contributed by atoms with E-state index in [1.807, 2.05) is 6.92 Å². The Kier molecular flexibility index (Phi) is 4.59. The van der Waals surface area contributed by atoms with Crippen molar-refractivity contribution in [1.29, 1.82) is 0 Å². The lowest BCUT2D eigenvalue weighted by Crippen LogP contribution is -2.14. The third-order valence-corrected chi connectivity index (χ3v) is 2.33. The number of carboxylic acid groups (broad SMARTS) is 1. The molecule has 0 fully saturated rings. The summed E-state index contributed by atoms with van der Waals surface area (Å²) in [5, 5.41) is 11.1. The number of nitrogens with one attached hydrogen (secondary N) is 1. The molecule has 2 N–H and O–H groups in total. The molecular formula is C13H14FNO3. The topological polar surface area (TPSA) is 66.4 Å². The number of allylic oxidation sites excluding steroid dienone is 1. The quantitative estimate of drug-likeness (QED) is 0.808. The summed E-state index contributed by atoms with van der Waals surface area (Å²) < 4.78 is 13.5. The van der Waals surface area contributed by atoms with Crippen molar-refractivity contribution in [2.45, 2.75) is 20.3 Å². The van der Waals surface area contributed by atoms with Gasteiger partial charge in [-0.15, -0.1) is 0 Å². The first-order valence-corrected chi connectivity index (χ1v) is 5.46. The predicted molar refractivity (Wildman–Crippen MR) is 66.0 cm³/mol. The highest BCUT2D eigenvalue weighted by atomic mass is 19.1. The zero-order valence-electron chi connectivity index (χ0n) is 10.2. The first-order chi connectivity index (χ1) is 8.45. The highest BCUT2D eigenvalue weighted by Crippen LogP contribution is 2.16. The van der Waals surface area contributed by atoms with Gasteiger partial charge in [0.2, 0.25) is 0 Å². The van der Waals surface area contributed by atoms with Gasteiger partial charge in [-0.3, -0.25) is 4.79 Å². The van der Waals surface area contributed by atoms with Crippen molar-refractivity contribution in [3.05, 3.63) is 41.2 Å². The highest BCUT2D eigenvalue weighted by molar-refractivity contribution is 6.03. The van der Waals surface area contributed by atoms with E-state index in [4.69, 9.17) is 5.11 Å². The summed E-state index contributed by atoms with van der Waals surface area (Å²) in [6.07, 6.45) is 2.43. The van der Waals surface area contributed by atoms with Crippen LogP contribution in [0.25, 0.3) is 0 Å². The average molecular weight is 251 g/mol. The minimum absolute atomic E-state index is 0.0335. The van der Waals surface area contributed by atoms with Gasteiger partial charge in [-0.1, -0.05) is 13.0 Å². The van der Waals surface area contributed by atoms with E-state index in [2.05, 4.69) is 5.32 Å². The smallest absolute Gasteiger partial charge is 0.335 e. The summed E-state index contributed by atoms with van der Waals surface area (Å²) in [7, 11) is 0. The third-order valence-electron chi connectivity index (χ3n) is 2.33. The Hall–Kier alpha value is -2.17. The van der Waals surface area contributed by atoms with Gasteiger partial charge in [0.1, 0.15) is 5.82 Å². The molecule has 0 spiro atoms. The molecule has 0 radical (unpaired) electrons. The number of rotatable bonds is 4. The lowest BCUT2D eigenvalue weighted by molar-refractivity contribution is -0.112. The van der Waals surface area contributed by atoms with Crippen LogP contribution in [0.2, 0.25) is 0 Å². The van der Waals surface area contributed by atoms with Crippen LogP contribution in [0.1, 0.15) is 30.6 Å². The van der Waals surface area contributed by atoms with E-state index >= 15 is 0 Å². The lowest BCUT2D eigenvalue weighted by Gasteiger charge is -2.07. The van der Waals surface area contributed by atoms with Crippen molar-refractivity contribution in [2.75, 3.05) is 5.32 Å². The van der Waals surface area contributed by atoms with Gasteiger partial charge in [-0.2, -0.15) is 0 Å². The summed E-state index contributed by atoms with van der Waals surface area (Å²) in [6, 6.07) is 3.34. The summed E-state index contributed by atoms with van der Waals surface area (Å²) in [6.45, 7) is 3.52. The maximum atomic E-state index is 13.5. The fourth-order valence-electron chi connectivity index (χ4n) is 1.37. The van der Waals surface area contributed by atoms with E-state index in [0.717, 1.165) is 6.07 Å². The van der Waals surface area contributed by atoms with Crippen molar-refractivity contribution in [3.8, 4) is 0 Å². The van der Waals surface area contributed by atoms with E-state index in [1.165, 1.54) is 12.1 Å². The Morgan fingerprint density at radius 3 is 2.61 bits per heavy atom. The monoisotopic (exact) mass is 251 g/mol. The molecule has 0 unspecified atom stereocenters. The van der Waals surface area contributed by atoms with Crippen molar-refractivity contribution >= 4 is 17.6 Å². The molecule has 1 rings (SSSR count). The predicted octanol–water partition coefficient (Wildman–Crippen LogP) is 2.82. The molecular weight excluding hydrogens is 237 g/mol. The van der Waals surface area contributed by atoms with Crippen molar-refractivity contribution < 1.29 is 19.1 Å². The second-order valence-electron chi connectivity index (χ2n) is 3.75. The lowest BCUT2D eigenvalue weighted by atomic mass is 10.2. The number of amides is 1. The van der Waals surface area contributed by atoms with Gasteiger partial charge in [0.25, 0.3) is 5.91 Å². The second kappa shape index (κ2) is 5.95. The van der Waals surface area contributed by atoms with Crippen molar-refractivity contribution in [3.63, 3.8) is 0 Å². The molecule has 0 atom stereocenters. The summed E-state index contributed by atoms with van der Waals surface area (Å²) >= 11 is 0. The van der Waals surface area contributed by atoms with Crippen LogP contribution in [0.3, 0.4) is 0 Å². The molecule has 0 aromatic heterocycles. The number of hydrogen-bond acceptors (Lipinski definition) is 2. The van der Waals surface area contributed by atoms with Gasteiger partial charge in [0, 0.05) is 5.57 Å². The van der Waals surface area contributed by atoms with Crippen LogP contribution in [0.4, 0.5) is 10.1 Å². The number of benzene rings is 1. The summed E-state index contributed by atoms with van der Waals surface area (Å²) in [4.78, 5) is 22.2. The standard InChI is InChI=1S/C13H14FNO3/c1-3-4-8(2)12(16)15-11-6-5-9(13(17)18)7-10(11)14/h4-7H,3H2,1-2H3,(H,15,16)(H,17,18). The molecule has 4 nitrogen and oxygen atoms in total. The van der Waals surface area contributed by atoms with E-state index in [1.54, 1.807) is 13.0 Å². The van der Waals surface area contributed by atoms with Gasteiger partial charge in [-0.05, 0) is 31.5 Å². The van der Waals surface area contributed by atoms with Gasteiger partial charge in [-0.25, -0.2) is 9.18 Å². The minimum atomic E-state index is -1.21. The molecule has 1 aromatic rings. The zero-order valence-corrected chi connectivity index (χ0v) is 10.2. The summed E-state index contributed by atoms with van der Waals surface area (Å²) in [5.41, 5.74) is 0.291. The Labute approximate surface area is 104 Å². The first-order valence-electron chi connectivity index (χ1n) is 5.46. The Morgan fingerprint density at radius 2 is 2.11 bits per heavy atom. The highest BCUT2D eigenvalue weighted by Gasteiger charge is 2.11. The molecule has 0 saturated carbocycles. The first kappa shape index (κ1) is 13.9. The fraction of sp³-hybridized carbons (Fsp3) is 0.231. The molecule has 96 valence electrons. The SMILES string of the molecule is CCC=C(C)C(=O)Nc1ccc(C(=O)O)cc1F. The van der Waals surface area contributed by atoms with Gasteiger partial charge >= 0.3 is 5.97 Å². The average Bonchev–Trinajstić information content (AvgIpc) is 2.31. The number of carboxylic acids is 1. The largest absolute Gasteiger partial charge is 0.478 e. The van der Waals surface area contributed by atoms with Gasteiger partial charge in [0.15, 0.2) is 0 Å². The Bertz CT molecular complexity index is 509. The number of halogens is 1. The molecule has 0 aliphatic rings. The minimum Gasteiger partial charge on any atom is -0.478 e. The van der Waals surface area contributed by atoms with Crippen LogP contribution in [0.15, 0.2) is 29.8 Å². The van der Waals surface area contributed by atoms with E-state index < -0.39 is 17.7 Å². The molecule has 0 bridgehead atoms. The number of carbonyl (C=O) groups is 2. The fourth-order valence-corrected chi connectivity index (χ4v) is 1.37. The van der Waals surface area contributed by atoms with E-state index in [-0.39, 0.29) is 11.3 Å². The molecule has 1 aromatic carbocycles. The van der Waals surface area contributed by atoms with Gasteiger partial charge in [0.05, 0.1) is 11.3 Å². The summed E-state index contributed by atoms with van der Waals surface area (Å²) in [5.74, 6) is -2.39.